The first-order valence-corrected chi connectivity index (χ1v) is 7.00. The van der Waals surface area contributed by atoms with Crippen molar-refractivity contribution in [3.8, 4) is 10.8 Å². The normalized spacial score (nSPS) is 10.6. The molecule has 4 nitrogen and oxygen atoms in total. The maximum Gasteiger partial charge on any atom is 0.313 e. The molecule has 1 N–H and O–H groups in total. The quantitative estimate of drug-likeness (QED) is 0.904. The highest BCUT2D eigenvalue weighted by molar-refractivity contribution is 7.99. The van der Waals surface area contributed by atoms with E-state index in [2.05, 4.69) is 4.98 Å². The van der Waals surface area contributed by atoms with Crippen LogP contribution >= 0.6 is 23.1 Å². The van der Waals surface area contributed by atoms with Gasteiger partial charge >= 0.3 is 5.97 Å². The van der Waals surface area contributed by atoms with Crippen LogP contribution in [-0.2, 0) is 10.5 Å². The monoisotopic (exact) mass is 269 g/mol. The highest BCUT2D eigenvalue weighted by Crippen LogP contribution is 2.27. The minimum atomic E-state index is -0.811. The molecule has 0 bridgehead atoms. The van der Waals surface area contributed by atoms with Gasteiger partial charge in [-0.05, 0) is 18.4 Å². The van der Waals surface area contributed by atoms with Crippen molar-refractivity contribution in [2.75, 3.05) is 5.75 Å². The zero-order valence-electron chi connectivity index (χ0n) is 9.17. The van der Waals surface area contributed by atoms with Crippen molar-refractivity contribution < 1.29 is 14.3 Å². The fourth-order valence-electron chi connectivity index (χ4n) is 1.30. The van der Waals surface area contributed by atoms with E-state index >= 15 is 0 Å². The third-order valence-electron chi connectivity index (χ3n) is 2.09. The fraction of sp³-hybridized carbons (Fsp3) is 0.273. The summed E-state index contributed by atoms with van der Waals surface area (Å²) in [4.78, 5) is 15.8. The highest BCUT2D eigenvalue weighted by Gasteiger charge is 2.12. The van der Waals surface area contributed by atoms with E-state index in [0.717, 1.165) is 16.3 Å². The van der Waals surface area contributed by atoms with Crippen LogP contribution in [0.15, 0.2) is 21.9 Å². The highest BCUT2D eigenvalue weighted by atomic mass is 32.2. The fourth-order valence-corrected chi connectivity index (χ4v) is 2.69. The molecule has 0 atom stereocenters. The van der Waals surface area contributed by atoms with Crippen LogP contribution in [0, 0.1) is 6.92 Å². The number of aromatic nitrogens is 1. The topological polar surface area (TPSA) is 63.3 Å². The van der Waals surface area contributed by atoms with Gasteiger partial charge in [0.1, 0.15) is 5.76 Å². The Balaban J connectivity index is 2.06. The molecule has 0 aliphatic carbocycles. The van der Waals surface area contributed by atoms with E-state index in [-0.39, 0.29) is 5.75 Å². The number of carboxylic acids is 1. The maximum absolute atomic E-state index is 10.4. The number of hydrogen-bond acceptors (Lipinski definition) is 5. The van der Waals surface area contributed by atoms with Gasteiger partial charge in [0.05, 0.1) is 16.3 Å². The van der Waals surface area contributed by atoms with Crippen molar-refractivity contribution in [3.05, 3.63) is 29.0 Å². The minimum absolute atomic E-state index is 0.0840. The first-order chi connectivity index (χ1) is 8.16. The Morgan fingerprint density at radius 1 is 1.65 bits per heavy atom. The molecule has 0 spiro atoms. The lowest BCUT2D eigenvalue weighted by atomic mass is 10.4. The van der Waals surface area contributed by atoms with Crippen LogP contribution in [-0.4, -0.2) is 21.8 Å². The third kappa shape index (κ3) is 3.10. The van der Waals surface area contributed by atoms with Crippen LogP contribution < -0.4 is 0 Å². The molecule has 2 aromatic rings. The number of aliphatic carboxylic acids is 1. The smallest absolute Gasteiger partial charge is 0.313 e. The molecule has 90 valence electrons. The molecule has 0 saturated heterocycles. The van der Waals surface area contributed by atoms with Crippen LogP contribution in [0.3, 0.4) is 0 Å². The SMILES string of the molecule is Cc1oc(-c2cccs2)nc1CSCC(=O)O. The largest absolute Gasteiger partial charge is 0.481 e. The molecular weight excluding hydrogens is 258 g/mol. The van der Waals surface area contributed by atoms with Crippen LogP contribution in [0.5, 0.6) is 0 Å². The lowest BCUT2D eigenvalue weighted by Crippen LogP contribution is -1.98. The first kappa shape index (κ1) is 12.2. The van der Waals surface area contributed by atoms with E-state index in [4.69, 9.17) is 9.52 Å². The summed E-state index contributed by atoms with van der Waals surface area (Å²) in [6.07, 6.45) is 0. The Morgan fingerprint density at radius 2 is 2.47 bits per heavy atom. The Labute approximate surface area is 107 Å². The second-order valence-electron chi connectivity index (χ2n) is 3.39. The lowest BCUT2D eigenvalue weighted by molar-refractivity contribution is -0.133. The van der Waals surface area contributed by atoms with Gasteiger partial charge in [-0.25, -0.2) is 4.98 Å². The molecule has 0 aromatic carbocycles. The van der Waals surface area contributed by atoms with E-state index in [0.29, 0.717) is 11.6 Å². The molecule has 2 rings (SSSR count). The molecule has 0 radical (unpaired) electrons. The molecule has 2 aromatic heterocycles. The number of hydrogen-bond donors (Lipinski definition) is 1. The Kier molecular flexibility index (Phi) is 3.86. The molecule has 0 aliphatic heterocycles. The van der Waals surface area contributed by atoms with Crippen LogP contribution in [0.25, 0.3) is 10.8 Å². The average Bonchev–Trinajstić information content (AvgIpc) is 2.87. The lowest BCUT2D eigenvalue weighted by Gasteiger charge is -1.94. The van der Waals surface area contributed by atoms with Gasteiger partial charge in [-0.1, -0.05) is 6.07 Å². The molecule has 0 fully saturated rings. The number of carboxylic acid groups (broad SMARTS) is 1. The van der Waals surface area contributed by atoms with Crippen LogP contribution in [0.2, 0.25) is 0 Å². The molecule has 0 unspecified atom stereocenters. The number of thiophene rings is 1. The molecule has 0 saturated carbocycles. The summed E-state index contributed by atoms with van der Waals surface area (Å²) < 4.78 is 5.56. The average molecular weight is 269 g/mol. The molecular formula is C11H11NO3S2. The summed E-state index contributed by atoms with van der Waals surface area (Å²) >= 11 is 2.89. The van der Waals surface area contributed by atoms with E-state index < -0.39 is 5.97 Å². The minimum Gasteiger partial charge on any atom is -0.481 e. The van der Waals surface area contributed by atoms with E-state index in [1.54, 1.807) is 11.3 Å². The van der Waals surface area contributed by atoms with E-state index in [1.807, 2.05) is 24.4 Å². The van der Waals surface area contributed by atoms with Crippen molar-refractivity contribution in [3.63, 3.8) is 0 Å². The maximum atomic E-state index is 10.4. The van der Waals surface area contributed by atoms with Gasteiger partial charge in [-0.3, -0.25) is 4.79 Å². The van der Waals surface area contributed by atoms with Gasteiger partial charge in [0.15, 0.2) is 0 Å². The summed E-state index contributed by atoms with van der Waals surface area (Å²) in [6.45, 7) is 1.85. The van der Waals surface area contributed by atoms with E-state index in [9.17, 15) is 4.79 Å². The Hall–Kier alpha value is -1.27. The Morgan fingerprint density at radius 3 is 3.12 bits per heavy atom. The summed E-state index contributed by atoms with van der Waals surface area (Å²) in [5, 5.41) is 10.5. The summed E-state index contributed by atoms with van der Waals surface area (Å²) in [5.74, 6) is 1.21. The van der Waals surface area contributed by atoms with Gasteiger partial charge in [0, 0.05) is 5.75 Å². The number of rotatable bonds is 5. The molecule has 0 aliphatic rings. The predicted molar refractivity (Wildman–Crippen MR) is 68.4 cm³/mol. The molecule has 2 heterocycles. The molecule has 0 amide bonds. The third-order valence-corrected chi connectivity index (χ3v) is 3.88. The second kappa shape index (κ2) is 5.37. The van der Waals surface area contributed by atoms with Gasteiger partial charge in [-0.2, -0.15) is 0 Å². The standard InChI is InChI=1S/C11H11NO3S2/c1-7-8(5-16-6-10(13)14)12-11(15-7)9-3-2-4-17-9/h2-4H,5-6H2,1H3,(H,13,14). The second-order valence-corrected chi connectivity index (χ2v) is 5.32. The number of oxazole rings is 1. The van der Waals surface area contributed by atoms with Crippen molar-refractivity contribution in [1.29, 1.82) is 0 Å². The van der Waals surface area contributed by atoms with Gasteiger partial charge < -0.3 is 9.52 Å². The molecule has 6 heteroatoms. The number of aryl methyl sites for hydroxylation is 1. The zero-order valence-corrected chi connectivity index (χ0v) is 10.8. The number of thioether (sulfide) groups is 1. The van der Waals surface area contributed by atoms with Crippen LogP contribution in [0.4, 0.5) is 0 Å². The number of nitrogens with zero attached hydrogens (tertiary/aromatic N) is 1. The predicted octanol–water partition coefficient (Wildman–Crippen LogP) is 3.03. The van der Waals surface area contributed by atoms with Crippen LogP contribution in [0.1, 0.15) is 11.5 Å². The Bertz CT molecular complexity index is 505. The summed E-state index contributed by atoms with van der Waals surface area (Å²) in [7, 11) is 0. The summed E-state index contributed by atoms with van der Waals surface area (Å²) in [6, 6.07) is 3.89. The summed E-state index contributed by atoms with van der Waals surface area (Å²) in [5.41, 5.74) is 0.819. The van der Waals surface area contributed by atoms with Crippen molar-refractivity contribution in [2.24, 2.45) is 0 Å². The van der Waals surface area contributed by atoms with Gasteiger partial charge in [0.25, 0.3) is 0 Å². The zero-order chi connectivity index (χ0) is 12.3. The first-order valence-electron chi connectivity index (χ1n) is 4.96. The van der Waals surface area contributed by atoms with Crippen molar-refractivity contribution >= 4 is 29.1 Å². The van der Waals surface area contributed by atoms with Gasteiger partial charge in [-0.15, -0.1) is 23.1 Å². The van der Waals surface area contributed by atoms with E-state index in [1.165, 1.54) is 11.8 Å². The van der Waals surface area contributed by atoms with Crippen molar-refractivity contribution in [2.45, 2.75) is 12.7 Å². The van der Waals surface area contributed by atoms with Crippen molar-refractivity contribution in [1.82, 2.24) is 4.98 Å². The molecule has 17 heavy (non-hydrogen) atoms. The van der Waals surface area contributed by atoms with Gasteiger partial charge in [0.2, 0.25) is 5.89 Å². The number of carbonyl (C=O) groups is 1.